The summed E-state index contributed by atoms with van der Waals surface area (Å²) >= 11 is 3.42. The number of carbonyl (C=O) groups is 1. The molecule has 2 heterocycles. The van der Waals surface area contributed by atoms with Crippen molar-refractivity contribution in [2.75, 3.05) is 0 Å². The molecule has 2 aliphatic rings. The van der Waals surface area contributed by atoms with Gasteiger partial charge >= 0.3 is 6.09 Å². The number of imidazole rings is 1. The first-order valence-electron chi connectivity index (χ1n) is 9.04. The summed E-state index contributed by atoms with van der Waals surface area (Å²) in [4.78, 5) is 22.4. The Morgan fingerprint density at radius 3 is 2.67 bits per heavy atom. The lowest BCUT2D eigenvalue weighted by Crippen LogP contribution is -2.38. The molecule has 1 aromatic heterocycles. The predicted molar refractivity (Wildman–Crippen MR) is 104 cm³/mol. The molecule has 1 aromatic carbocycles. The van der Waals surface area contributed by atoms with E-state index < -0.39 is 5.60 Å². The molecule has 27 heavy (non-hydrogen) atoms. The topological polar surface area (TPSA) is 82.0 Å². The molecule has 7 heteroatoms. The Balaban J connectivity index is 1.66. The van der Waals surface area contributed by atoms with Crippen molar-refractivity contribution in [2.45, 2.75) is 51.3 Å². The van der Waals surface area contributed by atoms with Gasteiger partial charge in [0, 0.05) is 16.1 Å². The molecule has 1 saturated carbocycles. The molecule has 140 valence electrons. The summed E-state index contributed by atoms with van der Waals surface area (Å²) in [7, 11) is 0. The lowest BCUT2D eigenvalue weighted by atomic mass is 10.1. The highest BCUT2D eigenvalue weighted by Crippen LogP contribution is 2.53. The van der Waals surface area contributed by atoms with Gasteiger partial charge in [0.25, 0.3) is 0 Å². The first kappa shape index (κ1) is 18.1. The van der Waals surface area contributed by atoms with Gasteiger partial charge in [-0.15, -0.1) is 0 Å². The lowest BCUT2D eigenvalue weighted by molar-refractivity contribution is 0.0175. The van der Waals surface area contributed by atoms with Gasteiger partial charge in [-0.2, -0.15) is 5.26 Å². The Morgan fingerprint density at radius 1 is 1.33 bits per heavy atom. The maximum absolute atomic E-state index is 12.7. The van der Waals surface area contributed by atoms with Crippen LogP contribution in [0.25, 0.3) is 11.3 Å². The molecule has 4 rings (SSSR count). The number of piperidine rings is 1. The van der Waals surface area contributed by atoms with Crippen molar-refractivity contribution < 1.29 is 9.53 Å². The van der Waals surface area contributed by atoms with Crippen LogP contribution in [-0.2, 0) is 4.74 Å². The van der Waals surface area contributed by atoms with E-state index in [0.717, 1.165) is 22.9 Å². The summed E-state index contributed by atoms with van der Waals surface area (Å²) < 4.78 is 6.57. The largest absolute Gasteiger partial charge is 0.444 e. The number of rotatable bonds is 2. The van der Waals surface area contributed by atoms with Crippen molar-refractivity contribution in [2.24, 2.45) is 5.92 Å². The molecule has 0 unspecified atom stereocenters. The first-order valence-corrected chi connectivity index (χ1v) is 9.83. The molecule has 0 radical (unpaired) electrons. The number of hydrogen-bond acceptors (Lipinski definition) is 4. The summed E-state index contributed by atoms with van der Waals surface area (Å²) in [6, 6.07) is 9.91. The number of fused-ring (bicyclic) bond motifs is 1. The normalized spacial score (nSPS) is 23.7. The van der Waals surface area contributed by atoms with Gasteiger partial charge < -0.3 is 9.72 Å². The highest BCUT2D eigenvalue weighted by atomic mass is 79.9. The predicted octanol–water partition coefficient (Wildman–Crippen LogP) is 4.78. The monoisotopic (exact) mass is 428 g/mol. The van der Waals surface area contributed by atoms with Crippen LogP contribution < -0.4 is 0 Å². The van der Waals surface area contributed by atoms with Gasteiger partial charge in [0.2, 0.25) is 0 Å². The summed E-state index contributed by atoms with van der Waals surface area (Å²) in [5, 5.41) is 9.54. The number of H-pyrrole nitrogens is 1. The van der Waals surface area contributed by atoms with Crippen LogP contribution in [0.15, 0.2) is 28.7 Å². The number of nitrogens with zero attached hydrogens (tertiary/aromatic N) is 3. The zero-order valence-corrected chi connectivity index (χ0v) is 17.1. The van der Waals surface area contributed by atoms with Crippen LogP contribution in [0.4, 0.5) is 4.79 Å². The third-order valence-electron chi connectivity index (χ3n) is 4.98. The van der Waals surface area contributed by atoms with Crippen LogP contribution >= 0.6 is 15.9 Å². The molecular formula is C20H21BrN4O2. The Bertz CT molecular complexity index is 923. The summed E-state index contributed by atoms with van der Waals surface area (Å²) in [6.07, 6.45) is 1.56. The minimum Gasteiger partial charge on any atom is -0.444 e. The number of benzene rings is 1. The van der Waals surface area contributed by atoms with Gasteiger partial charge in [0.1, 0.15) is 28.9 Å². The number of hydrogen-bond donors (Lipinski definition) is 1. The fraction of sp³-hybridized carbons (Fsp3) is 0.450. The number of aromatic amines is 1. The number of nitrogens with one attached hydrogen (secondary N) is 1. The van der Waals surface area contributed by atoms with E-state index in [1.54, 1.807) is 4.90 Å². The Morgan fingerprint density at radius 2 is 2.04 bits per heavy atom. The molecule has 1 aliphatic carbocycles. The molecule has 1 amide bonds. The molecule has 1 saturated heterocycles. The van der Waals surface area contributed by atoms with E-state index in [9.17, 15) is 10.1 Å². The summed E-state index contributed by atoms with van der Waals surface area (Å²) in [5.74, 6) is 1.15. The second-order valence-electron chi connectivity index (χ2n) is 8.17. The fourth-order valence-electron chi connectivity index (χ4n) is 3.72. The summed E-state index contributed by atoms with van der Waals surface area (Å²) in [6.45, 7) is 5.60. The molecule has 1 N–H and O–H groups in total. The molecule has 3 atom stereocenters. The smallest absolute Gasteiger partial charge is 0.411 e. The van der Waals surface area contributed by atoms with Gasteiger partial charge in [-0.05, 0) is 51.7 Å². The fourth-order valence-corrected chi connectivity index (χ4v) is 3.99. The lowest BCUT2D eigenvalue weighted by Gasteiger charge is -2.29. The Labute approximate surface area is 166 Å². The number of amides is 1. The average Bonchev–Trinajstić information content (AvgIpc) is 3.05. The van der Waals surface area contributed by atoms with Gasteiger partial charge in [-0.1, -0.05) is 28.1 Å². The van der Waals surface area contributed by atoms with Crippen LogP contribution in [0.3, 0.4) is 0 Å². The molecule has 1 aliphatic heterocycles. The van der Waals surface area contributed by atoms with Crippen LogP contribution in [0, 0.1) is 17.2 Å². The second kappa shape index (κ2) is 6.38. The van der Waals surface area contributed by atoms with Crippen LogP contribution in [0.1, 0.15) is 51.2 Å². The quantitative estimate of drug-likeness (QED) is 0.745. The van der Waals surface area contributed by atoms with Gasteiger partial charge in [-0.25, -0.2) is 9.78 Å². The third kappa shape index (κ3) is 3.46. The molecule has 2 aromatic rings. The van der Waals surface area contributed by atoms with Crippen LogP contribution in [-0.4, -0.2) is 32.6 Å². The number of likely N-dealkylation sites (tertiary alicyclic amines) is 1. The van der Waals surface area contributed by atoms with Crippen LogP contribution in [0.5, 0.6) is 0 Å². The highest BCUT2D eigenvalue weighted by Gasteiger charge is 2.56. The van der Waals surface area contributed by atoms with E-state index >= 15 is 0 Å². The second-order valence-corrected chi connectivity index (χ2v) is 9.08. The molecule has 6 nitrogen and oxygen atoms in total. The van der Waals surface area contributed by atoms with Crippen LogP contribution in [0.2, 0.25) is 0 Å². The number of nitriles is 1. The Hall–Kier alpha value is -2.33. The van der Waals surface area contributed by atoms with Crippen molar-refractivity contribution >= 4 is 22.0 Å². The number of aromatic nitrogens is 2. The maximum atomic E-state index is 12.7. The van der Waals surface area contributed by atoms with Crippen molar-refractivity contribution in [3.63, 3.8) is 0 Å². The van der Waals surface area contributed by atoms with Crippen molar-refractivity contribution in [3.8, 4) is 17.3 Å². The van der Waals surface area contributed by atoms with Gasteiger partial charge in [0.05, 0.1) is 6.04 Å². The zero-order chi connectivity index (χ0) is 19.3. The van der Waals surface area contributed by atoms with E-state index in [1.165, 1.54) is 0 Å². The van der Waals surface area contributed by atoms with E-state index in [2.05, 4.69) is 27.0 Å². The minimum absolute atomic E-state index is 0.181. The van der Waals surface area contributed by atoms with E-state index in [4.69, 9.17) is 9.72 Å². The molecule has 0 bridgehead atoms. The highest BCUT2D eigenvalue weighted by molar-refractivity contribution is 9.10. The standard InChI is InChI=1S/C20H21BrN4O2/c1-20(2,3)27-19(26)25-15-8-12(15)9-16(25)18-23-14(10-22)17(24-18)11-4-6-13(21)7-5-11/h4-7,12,15-16H,8-9H2,1-3H3,(H,23,24)/t12-,15-,16+/m1/s1. The van der Waals surface area contributed by atoms with E-state index in [-0.39, 0.29) is 18.2 Å². The number of halogens is 1. The summed E-state index contributed by atoms with van der Waals surface area (Å²) in [5.41, 5.74) is 1.35. The maximum Gasteiger partial charge on any atom is 0.411 e. The number of carbonyl (C=O) groups excluding carboxylic acids is 1. The first-order chi connectivity index (χ1) is 12.8. The van der Waals surface area contributed by atoms with E-state index in [0.29, 0.717) is 23.1 Å². The number of ether oxygens (including phenoxy) is 1. The SMILES string of the molecule is CC(C)(C)OC(=O)N1[C@@H]2C[C@@H]2C[C@H]1c1nc(-c2ccc(Br)cc2)c(C#N)[nH]1. The third-order valence-corrected chi connectivity index (χ3v) is 5.50. The van der Waals surface area contributed by atoms with Crippen molar-refractivity contribution in [1.82, 2.24) is 14.9 Å². The van der Waals surface area contributed by atoms with Gasteiger partial charge in [0.15, 0.2) is 0 Å². The average molecular weight is 429 g/mol. The zero-order valence-electron chi connectivity index (χ0n) is 15.5. The van der Waals surface area contributed by atoms with Crippen molar-refractivity contribution in [1.29, 1.82) is 5.26 Å². The minimum atomic E-state index is -0.543. The van der Waals surface area contributed by atoms with Gasteiger partial charge in [-0.3, -0.25) is 4.90 Å². The Kier molecular flexibility index (Phi) is 4.26. The van der Waals surface area contributed by atoms with E-state index in [1.807, 2.05) is 45.0 Å². The molecular weight excluding hydrogens is 408 g/mol. The van der Waals surface area contributed by atoms with Crippen molar-refractivity contribution in [3.05, 3.63) is 40.3 Å². The molecule has 2 fully saturated rings. The molecule has 0 spiro atoms.